The lowest BCUT2D eigenvalue weighted by atomic mass is 10.1. The average molecular weight is 231 g/mol. The lowest BCUT2D eigenvalue weighted by Gasteiger charge is -2.28. The second kappa shape index (κ2) is 4.34. The van der Waals surface area contributed by atoms with Crippen molar-refractivity contribution < 1.29 is 5.11 Å². The van der Waals surface area contributed by atoms with E-state index < -0.39 is 0 Å². The average Bonchev–Trinajstić information content (AvgIpc) is 3.17. The van der Waals surface area contributed by atoms with Crippen molar-refractivity contribution in [2.24, 2.45) is 5.92 Å². The quantitative estimate of drug-likeness (QED) is 0.841. The molecule has 0 saturated heterocycles. The van der Waals surface area contributed by atoms with Gasteiger partial charge in [-0.25, -0.2) is 0 Å². The molecule has 2 saturated carbocycles. The normalized spacial score (nSPS) is 21.3. The molecule has 92 valence electrons. The molecule has 0 amide bonds. The predicted molar refractivity (Wildman–Crippen MR) is 70.2 cm³/mol. The minimum atomic E-state index is -0.369. The summed E-state index contributed by atoms with van der Waals surface area (Å²) in [4.78, 5) is 2.54. The van der Waals surface area contributed by atoms with Gasteiger partial charge in [0, 0.05) is 23.8 Å². The van der Waals surface area contributed by atoms with Crippen LogP contribution in [0.2, 0.25) is 0 Å². The van der Waals surface area contributed by atoms with Gasteiger partial charge in [0.2, 0.25) is 0 Å². The van der Waals surface area contributed by atoms with E-state index in [-0.39, 0.29) is 6.10 Å². The largest absolute Gasteiger partial charge is 0.389 e. The number of aliphatic hydroxyl groups excluding tert-OH is 1. The van der Waals surface area contributed by atoms with Crippen molar-refractivity contribution in [3.8, 4) is 0 Å². The molecule has 0 heterocycles. The van der Waals surface area contributed by atoms with Crippen LogP contribution in [0.3, 0.4) is 0 Å². The van der Waals surface area contributed by atoms with Gasteiger partial charge in [0.1, 0.15) is 0 Å². The Hall–Kier alpha value is -1.02. The first-order chi connectivity index (χ1) is 8.25. The topological polar surface area (TPSA) is 23.5 Å². The van der Waals surface area contributed by atoms with E-state index in [1.54, 1.807) is 0 Å². The molecule has 0 aromatic heterocycles. The van der Waals surface area contributed by atoms with E-state index in [1.165, 1.54) is 37.9 Å². The lowest BCUT2D eigenvalue weighted by molar-refractivity contribution is 0.199. The molecule has 2 nitrogen and oxygen atoms in total. The lowest BCUT2D eigenvalue weighted by Crippen LogP contribution is -2.29. The van der Waals surface area contributed by atoms with Gasteiger partial charge in [-0.1, -0.05) is 18.2 Å². The van der Waals surface area contributed by atoms with Gasteiger partial charge in [-0.15, -0.1) is 0 Å². The predicted octanol–water partition coefficient (Wildman–Crippen LogP) is 3.12. The van der Waals surface area contributed by atoms with E-state index >= 15 is 0 Å². The van der Waals surface area contributed by atoms with E-state index in [2.05, 4.69) is 23.1 Å². The Balaban J connectivity index is 1.87. The van der Waals surface area contributed by atoms with Gasteiger partial charge >= 0.3 is 0 Å². The first kappa shape index (κ1) is 11.1. The SMILES string of the molecule is CC(O)c1ccccc1N(CC1CC1)C1CC1. The van der Waals surface area contributed by atoms with E-state index in [1.807, 2.05) is 13.0 Å². The molecular weight excluding hydrogens is 210 g/mol. The van der Waals surface area contributed by atoms with Crippen LogP contribution in [0.15, 0.2) is 24.3 Å². The van der Waals surface area contributed by atoms with Crippen LogP contribution in [0.4, 0.5) is 5.69 Å². The zero-order valence-corrected chi connectivity index (χ0v) is 10.5. The number of anilines is 1. The van der Waals surface area contributed by atoms with Gasteiger partial charge in [-0.2, -0.15) is 0 Å². The fourth-order valence-electron chi connectivity index (χ4n) is 2.51. The van der Waals surface area contributed by atoms with Crippen molar-refractivity contribution in [1.29, 1.82) is 0 Å². The number of nitrogens with zero attached hydrogens (tertiary/aromatic N) is 1. The maximum atomic E-state index is 9.88. The molecule has 1 aromatic carbocycles. The molecule has 17 heavy (non-hydrogen) atoms. The standard InChI is InChI=1S/C15H21NO/c1-11(17)14-4-2-3-5-15(14)16(13-8-9-13)10-12-6-7-12/h2-5,11-13,17H,6-10H2,1H3. The van der Waals surface area contributed by atoms with E-state index in [9.17, 15) is 5.11 Å². The van der Waals surface area contributed by atoms with Crippen LogP contribution in [0.5, 0.6) is 0 Å². The maximum absolute atomic E-state index is 9.88. The molecule has 2 aliphatic carbocycles. The van der Waals surface area contributed by atoms with Crippen molar-refractivity contribution in [2.45, 2.75) is 44.8 Å². The Bertz CT molecular complexity index is 394. The van der Waals surface area contributed by atoms with Crippen molar-refractivity contribution in [1.82, 2.24) is 0 Å². The molecule has 2 heteroatoms. The summed E-state index contributed by atoms with van der Waals surface area (Å²) in [7, 11) is 0. The molecule has 0 aliphatic heterocycles. The van der Waals surface area contributed by atoms with Crippen molar-refractivity contribution >= 4 is 5.69 Å². The summed E-state index contributed by atoms with van der Waals surface area (Å²) in [6.07, 6.45) is 5.05. The minimum absolute atomic E-state index is 0.369. The van der Waals surface area contributed by atoms with Gasteiger partial charge in [0.25, 0.3) is 0 Å². The van der Waals surface area contributed by atoms with Gasteiger partial charge in [-0.05, 0) is 44.6 Å². The third kappa shape index (κ3) is 2.47. The summed E-state index contributed by atoms with van der Waals surface area (Å²) in [6.45, 7) is 3.05. The third-order valence-corrected chi connectivity index (χ3v) is 3.84. The van der Waals surface area contributed by atoms with Crippen molar-refractivity contribution in [2.75, 3.05) is 11.4 Å². The highest BCUT2D eigenvalue weighted by atomic mass is 16.3. The zero-order chi connectivity index (χ0) is 11.8. The Morgan fingerprint density at radius 2 is 1.94 bits per heavy atom. The molecule has 1 unspecified atom stereocenters. The summed E-state index contributed by atoms with van der Waals surface area (Å²) < 4.78 is 0. The Morgan fingerprint density at radius 3 is 2.53 bits per heavy atom. The fourth-order valence-corrected chi connectivity index (χ4v) is 2.51. The third-order valence-electron chi connectivity index (χ3n) is 3.84. The van der Waals surface area contributed by atoms with Gasteiger partial charge in [0.05, 0.1) is 6.10 Å². The molecule has 3 rings (SSSR count). The maximum Gasteiger partial charge on any atom is 0.0781 e. The van der Waals surface area contributed by atoms with E-state index in [4.69, 9.17) is 0 Å². The van der Waals surface area contributed by atoms with Crippen LogP contribution in [0, 0.1) is 5.92 Å². The second-order valence-electron chi connectivity index (χ2n) is 5.56. The fraction of sp³-hybridized carbons (Fsp3) is 0.600. The molecule has 1 aromatic rings. The second-order valence-corrected chi connectivity index (χ2v) is 5.56. The van der Waals surface area contributed by atoms with Crippen molar-refractivity contribution in [3.63, 3.8) is 0 Å². The number of benzene rings is 1. The first-order valence-corrected chi connectivity index (χ1v) is 6.79. The zero-order valence-electron chi connectivity index (χ0n) is 10.5. The molecule has 2 aliphatic rings. The van der Waals surface area contributed by atoms with Crippen LogP contribution < -0.4 is 4.90 Å². The van der Waals surface area contributed by atoms with Crippen LogP contribution in [0.1, 0.15) is 44.3 Å². The van der Waals surface area contributed by atoms with E-state index in [0.29, 0.717) is 0 Å². The molecule has 1 atom stereocenters. The summed E-state index contributed by atoms with van der Waals surface area (Å²) >= 11 is 0. The Kier molecular flexibility index (Phi) is 2.83. The van der Waals surface area contributed by atoms with Crippen LogP contribution in [-0.4, -0.2) is 17.7 Å². The highest BCUT2D eigenvalue weighted by molar-refractivity contribution is 5.56. The highest BCUT2D eigenvalue weighted by Gasteiger charge is 2.34. The first-order valence-electron chi connectivity index (χ1n) is 6.79. The minimum Gasteiger partial charge on any atom is -0.389 e. The molecular formula is C15H21NO. The van der Waals surface area contributed by atoms with Crippen molar-refractivity contribution in [3.05, 3.63) is 29.8 Å². The smallest absolute Gasteiger partial charge is 0.0781 e. The van der Waals surface area contributed by atoms with Crippen LogP contribution >= 0.6 is 0 Å². The Labute approximate surface area is 103 Å². The van der Waals surface area contributed by atoms with Gasteiger partial charge < -0.3 is 10.0 Å². The number of rotatable bonds is 5. The van der Waals surface area contributed by atoms with E-state index in [0.717, 1.165) is 17.5 Å². The van der Waals surface area contributed by atoms with Crippen LogP contribution in [-0.2, 0) is 0 Å². The molecule has 0 radical (unpaired) electrons. The summed E-state index contributed by atoms with van der Waals surface area (Å²) in [5.41, 5.74) is 2.34. The highest BCUT2D eigenvalue weighted by Crippen LogP contribution is 2.39. The Morgan fingerprint density at radius 1 is 1.24 bits per heavy atom. The summed E-state index contributed by atoms with van der Waals surface area (Å²) in [5, 5.41) is 9.88. The monoisotopic (exact) mass is 231 g/mol. The molecule has 1 N–H and O–H groups in total. The molecule has 0 bridgehead atoms. The molecule has 2 fully saturated rings. The number of aliphatic hydroxyl groups is 1. The summed E-state index contributed by atoms with van der Waals surface area (Å²) in [5.74, 6) is 0.901. The summed E-state index contributed by atoms with van der Waals surface area (Å²) in [6, 6.07) is 9.07. The van der Waals surface area contributed by atoms with Crippen LogP contribution in [0.25, 0.3) is 0 Å². The van der Waals surface area contributed by atoms with Gasteiger partial charge in [0.15, 0.2) is 0 Å². The molecule has 0 spiro atoms. The number of para-hydroxylation sites is 1. The number of hydrogen-bond acceptors (Lipinski definition) is 2. The van der Waals surface area contributed by atoms with Gasteiger partial charge in [-0.3, -0.25) is 0 Å². The number of hydrogen-bond donors (Lipinski definition) is 1.